The highest BCUT2D eigenvalue weighted by Gasteiger charge is 2.44. The van der Waals surface area contributed by atoms with Crippen LogP contribution < -0.4 is 39.9 Å². The fourth-order valence-electron chi connectivity index (χ4n) is 4.40. The van der Waals surface area contributed by atoms with E-state index in [0.717, 1.165) is 6.42 Å². The molecule has 166 valence electrons. The number of hydrogen-bond donors (Lipinski definition) is 1. The zero-order chi connectivity index (χ0) is 20.9. The molecule has 0 aliphatic rings. The fourth-order valence-corrected chi connectivity index (χ4v) is 8.81. The van der Waals surface area contributed by atoms with Crippen molar-refractivity contribution in [2.24, 2.45) is 0 Å². The first-order chi connectivity index (χ1) is 14.9. The van der Waals surface area contributed by atoms with Gasteiger partial charge in [0.2, 0.25) is 0 Å². The first-order valence-electron chi connectivity index (χ1n) is 11.5. The molecule has 0 heterocycles. The summed E-state index contributed by atoms with van der Waals surface area (Å²) in [6, 6.07) is 33.6. The van der Waals surface area contributed by atoms with Crippen LogP contribution >= 0.6 is 7.26 Å². The Hall–Kier alpha value is -1.22. The summed E-state index contributed by atoms with van der Waals surface area (Å²) in [5.41, 5.74) is 0. The second-order valence-corrected chi connectivity index (χ2v) is 11.7. The van der Waals surface area contributed by atoms with Crippen molar-refractivity contribution < 1.29 is 29.1 Å². The zero-order valence-electron chi connectivity index (χ0n) is 18.5. The van der Waals surface area contributed by atoms with Gasteiger partial charge >= 0.3 is 0 Å². The topological polar surface area (TPSA) is 20.2 Å². The van der Waals surface area contributed by atoms with Crippen molar-refractivity contribution in [2.75, 3.05) is 12.8 Å². The summed E-state index contributed by atoms with van der Waals surface area (Å²) < 4.78 is 0. The number of aliphatic hydroxyl groups is 1. The molecule has 0 bridgehead atoms. The maximum Gasteiger partial charge on any atom is 0.112 e. The van der Waals surface area contributed by atoms with E-state index in [1.165, 1.54) is 67.0 Å². The lowest BCUT2D eigenvalue weighted by Crippen LogP contribution is -3.00. The standard InChI is InChI=1S/C28H36OP.HI/c29-24-16-5-3-1-2-4-6-17-25-30(26-18-10-7-11-19-26,27-20-12-8-13-21-27)28-22-14-9-15-23-28;/h7-15,18-23,29H,1-6,16-17,24-25H2;1H/q+1;/p-1. The van der Waals surface area contributed by atoms with Gasteiger partial charge in [0, 0.05) is 6.61 Å². The van der Waals surface area contributed by atoms with Gasteiger partial charge in [0.05, 0.1) is 6.16 Å². The fraction of sp³-hybridized carbons (Fsp3) is 0.357. The Labute approximate surface area is 206 Å². The molecule has 0 aliphatic carbocycles. The van der Waals surface area contributed by atoms with Gasteiger partial charge in [-0.3, -0.25) is 0 Å². The van der Waals surface area contributed by atoms with Crippen LogP contribution in [0.4, 0.5) is 0 Å². The van der Waals surface area contributed by atoms with E-state index in [1.807, 2.05) is 0 Å². The molecule has 0 unspecified atom stereocenters. The number of aliphatic hydroxyl groups excluding tert-OH is 1. The molecule has 0 amide bonds. The summed E-state index contributed by atoms with van der Waals surface area (Å²) in [4.78, 5) is 0. The van der Waals surface area contributed by atoms with Gasteiger partial charge in [0.15, 0.2) is 0 Å². The third-order valence-electron chi connectivity index (χ3n) is 5.99. The van der Waals surface area contributed by atoms with Gasteiger partial charge in [0.25, 0.3) is 0 Å². The van der Waals surface area contributed by atoms with Crippen LogP contribution in [-0.2, 0) is 0 Å². The summed E-state index contributed by atoms with van der Waals surface area (Å²) in [6.45, 7) is 0.338. The lowest BCUT2D eigenvalue weighted by molar-refractivity contribution is -0.00000713. The second-order valence-electron chi connectivity index (χ2n) is 8.09. The van der Waals surface area contributed by atoms with Crippen molar-refractivity contribution in [3.8, 4) is 0 Å². The summed E-state index contributed by atoms with van der Waals surface area (Å²) in [5, 5.41) is 13.4. The molecule has 1 N–H and O–H groups in total. The summed E-state index contributed by atoms with van der Waals surface area (Å²) in [5.74, 6) is 0. The van der Waals surface area contributed by atoms with E-state index in [2.05, 4.69) is 91.0 Å². The Balaban J connectivity index is 0.00000341. The number of hydrogen-bond acceptors (Lipinski definition) is 1. The molecule has 0 aromatic heterocycles. The van der Waals surface area contributed by atoms with Crippen molar-refractivity contribution in [3.05, 3.63) is 91.0 Å². The molecule has 0 spiro atoms. The van der Waals surface area contributed by atoms with Crippen LogP contribution in [0.25, 0.3) is 0 Å². The van der Waals surface area contributed by atoms with Crippen molar-refractivity contribution in [2.45, 2.75) is 51.4 Å². The minimum absolute atomic E-state index is 0. The number of rotatable bonds is 13. The van der Waals surface area contributed by atoms with E-state index in [9.17, 15) is 0 Å². The lowest BCUT2D eigenvalue weighted by Gasteiger charge is -2.27. The van der Waals surface area contributed by atoms with Gasteiger partial charge in [-0.15, -0.1) is 0 Å². The highest BCUT2D eigenvalue weighted by molar-refractivity contribution is 7.95. The molecule has 1 nitrogen and oxygen atoms in total. The van der Waals surface area contributed by atoms with Crippen LogP contribution in [0.1, 0.15) is 51.4 Å². The van der Waals surface area contributed by atoms with Crippen LogP contribution in [0.5, 0.6) is 0 Å². The van der Waals surface area contributed by atoms with E-state index in [4.69, 9.17) is 5.11 Å². The molecule has 3 heteroatoms. The highest BCUT2D eigenvalue weighted by Crippen LogP contribution is 2.55. The summed E-state index contributed by atoms with van der Waals surface area (Å²) in [7, 11) is -1.65. The molecule has 0 saturated heterocycles. The predicted octanol–water partition coefficient (Wildman–Crippen LogP) is 3.10. The van der Waals surface area contributed by atoms with E-state index in [0.29, 0.717) is 6.61 Å². The monoisotopic (exact) mass is 546 g/mol. The Kier molecular flexibility index (Phi) is 12.4. The highest BCUT2D eigenvalue weighted by atomic mass is 127. The minimum Gasteiger partial charge on any atom is -1.00 e. The van der Waals surface area contributed by atoms with Crippen LogP contribution in [0.2, 0.25) is 0 Å². The van der Waals surface area contributed by atoms with Gasteiger partial charge in [-0.05, 0) is 55.7 Å². The third kappa shape index (κ3) is 7.41. The smallest absolute Gasteiger partial charge is 0.112 e. The second kappa shape index (κ2) is 14.8. The Morgan fingerprint density at radius 1 is 0.452 bits per heavy atom. The molecule has 0 fully saturated rings. The molecule has 0 radical (unpaired) electrons. The Morgan fingerprint density at radius 2 is 0.774 bits per heavy atom. The molecule has 3 aromatic carbocycles. The number of halogens is 1. The van der Waals surface area contributed by atoms with Gasteiger partial charge in [0.1, 0.15) is 23.2 Å². The minimum atomic E-state index is -1.65. The average Bonchev–Trinajstić information content (AvgIpc) is 2.82. The van der Waals surface area contributed by atoms with E-state index >= 15 is 0 Å². The van der Waals surface area contributed by atoms with Crippen LogP contribution in [0.15, 0.2) is 91.0 Å². The molecule has 3 aromatic rings. The lowest BCUT2D eigenvalue weighted by atomic mass is 10.1. The molecule has 3 rings (SSSR count). The first-order valence-corrected chi connectivity index (χ1v) is 13.5. The summed E-state index contributed by atoms with van der Waals surface area (Å²) >= 11 is 0. The van der Waals surface area contributed by atoms with Gasteiger partial charge in [-0.1, -0.05) is 86.7 Å². The Bertz CT molecular complexity index is 727. The van der Waals surface area contributed by atoms with Gasteiger partial charge in [-0.25, -0.2) is 0 Å². The van der Waals surface area contributed by atoms with Gasteiger partial charge < -0.3 is 29.1 Å². The first kappa shape index (κ1) is 26.0. The van der Waals surface area contributed by atoms with E-state index in [-0.39, 0.29) is 24.0 Å². The largest absolute Gasteiger partial charge is 1.00 e. The summed E-state index contributed by atoms with van der Waals surface area (Å²) in [6.07, 6.45) is 11.1. The van der Waals surface area contributed by atoms with Crippen LogP contribution in [-0.4, -0.2) is 17.9 Å². The normalized spacial score (nSPS) is 11.1. The quantitative estimate of drug-likeness (QED) is 0.199. The molecular formula is C28H36IOP. The number of unbranched alkanes of at least 4 members (excludes halogenated alkanes) is 7. The maximum atomic E-state index is 8.90. The van der Waals surface area contributed by atoms with Crippen molar-refractivity contribution >= 4 is 23.2 Å². The van der Waals surface area contributed by atoms with Crippen molar-refractivity contribution in [3.63, 3.8) is 0 Å². The molecule has 0 atom stereocenters. The predicted molar refractivity (Wildman–Crippen MR) is 134 cm³/mol. The zero-order valence-corrected chi connectivity index (χ0v) is 21.6. The van der Waals surface area contributed by atoms with E-state index in [1.54, 1.807) is 0 Å². The van der Waals surface area contributed by atoms with Gasteiger partial charge in [-0.2, -0.15) is 0 Å². The maximum absolute atomic E-state index is 8.90. The molecule has 0 saturated carbocycles. The average molecular weight is 546 g/mol. The molecule has 31 heavy (non-hydrogen) atoms. The van der Waals surface area contributed by atoms with E-state index < -0.39 is 7.26 Å². The van der Waals surface area contributed by atoms with Crippen LogP contribution in [0, 0.1) is 0 Å². The third-order valence-corrected chi connectivity index (χ3v) is 10.5. The number of benzene rings is 3. The van der Waals surface area contributed by atoms with Crippen molar-refractivity contribution in [1.29, 1.82) is 0 Å². The van der Waals surface area contributed by atoms with Crippen molar-refractivity contribution in [1.82, 2.24) is 0 Å². The molecule has 0 aliphatic heterocycles. The van der Waals surface area contributed by atoms with Crippen LogP contribution in [0.3, 0.4) is 0 Å². The SMILES string of the molecule is OCCCCCCCCCC[P+](c1ccccc1)(c1ccccc1)c1ccccc1.[I-]. The Morgan fingerprint density at radius 3 is 1.13 bits per heavy atom. The molecular weight excluding hydrogens is 510 g/mol.